The zero-order valence-electron chi connectivity index (χ0n) is 7.52. The fraction of sp³-hybridized carbons (Fsp3) is 0.455. The van der Waals surface area contributed by atoms with Gasteiger partial charge in [-0.2, -0.15) is 0 Å². The second kappa shape index (κ2) is 3.08. The number of hydrogen-bond donors (Lipinski definition) is 0. The van der Waals surface area contributed by atoms with Gasteiger partial charge in [0.1, 0.15) is 0 Å². The molecule has 0 spiro atoms. The molecule has 0 saturated heterocycles. The van der Waals surface area contributed by atoms with E-state index in [0.29, 0.717) is 5.41 Å². The van der Waals surface area contributed by atoms with E-state index in [1.165, 1.54) is 12.0 Å². The van der Waals surface area contributed by atoms with Crippen LogP contribution in [0.3, 0.4) is 0 Å². The lowest BCUT2D eigenvalue weighted by molar-refractivity contribution is 0.506. The first kappa shape index (κ1) is 8.32. The minimum absolute atomic E-state index is 0.315. The van der Waals surface area contributed by atoms with Crippen LogP contribution in [0.25, 0.3) is 0 Å². The first-order valence-electron chi connectivity index (χ1n) is 4.13. The molecular formula is C11H15. The van der Waals surface area contributed by atoms with E-state index in [1.54, 1.807) is 0 Å². The molecule has 11 heavy (non-hydrogen) atoms. The van der Waals surface area contributed by atoms with Gasteiger partial charge in [-0.25, -0.2) is 0 Å². The van der Waals surface area contributed by atoms with Crippen LogP contribution in [0, 0.1) is 6.07 Å². The molecule has 0 nitrogen and oxygen atoms in total. The summed E-state index contributed by atoms with van der Waals surface area (Å²) in [5.41, 5.74) is 1.72. The number of hydrogen-bond acceptors (Lipinski definition) is 0. The maximum atomic E-state index is 3.03. The third-order valence-corrected chi connectivity index (χ3v) is 2.38. The second-order valence-electron chi connectivity index (χ2n) is 3.53. The van der Waals surface area contributed by atoms with E-state index in [0.717, 1.165) is 0 Å². The smallest absolute Gasteiger partial charge is 0.0106 e. The third kappa shape index (κ3) is 1.83. The Kier molecular flexibility index (Phi) is 2.33. The van der Waals surface area contributed by atoms with E-state index in [4.69, 9.17) is 0 Å². The third-order valence-electron chi connectivity index (χ3n) is 2.38. The Hall–Kier alpha value is -0.780. The molecule has 59 valence electrons. The molecule has 0 aliphatic rings. The number of rotatable bonds is 2. The van der Waals surface area contributed by atoms with Gasteiger partial charge in [-0.05, 0) is 23.5 Å². The summed E-state index contributed by atoms with van der Waals surface area (Å²) in [6, 6.07) is 11.3. The predicted octanol–water partition coefficient (Wildman–Crippen LogP) is 3.17. The molecule has 1 aromatic rings. The summed E-state index contributed by atoms with van der Waals surface area (Å²) in [5, 5.41) is 0. The van der Waals surface area contributed by atoms with Crippen LogP contribution in [0.5, 0.6) is 0 Å². The molecule has 1 rings (SSSR count). The van der Waals surface area contributed by atoms with Gasteiger partial charge >= 0.3 is 0 Å². The van der Waals surface area contributed by atoms with Crippen LogP contribution >= 0.6 is 0 Å². The van der Waals surface area contributed by atoms with E-state index in [9.17, 15) is 0 Å². The van der Waals surface area contributed by atoms with Crippen molar-refractivity contribution in [1.82, 2.24) is 0 Å². The molecule has 1 aromatic carbocycles. The predicted molar refractivity (Wildman–Crippen MR) is 48.6 cm³/mol. The van der Waals surface area contributed by atoms with Gasteiger partial charge in [0.25, 0.3) is 0 Å². The van der Waals surface area contributed by atoms with Crippen molar-refractivity contribution in [1.29, 1.82) is 0 Å². The van der Waals surface area contributed by atoms with Gasteiger partial charge in [0.15, 0.2) is 0 Å². The molecule has 0 atom stereocenters. The van der Waals surface area contributed by atoms with Crippen molar-refractivity contribution in [2.45, 2.75) is 32.6 Å². The minimum atomic E-state index is 0.315. The largest absolute Gasteiger partial charge is 0.0646 e. The van der Waals surface area contributed by atoms with Gasteiger partial charge < -0.3 is 0 Å². The molecule has 0 fully saturated rings. The second-order valence-corrected chi connectivity index (χ2v) is 3.53. The molecule has 0 heterocycles. The van der Waals surface area contributed by atoms with Crippen molar-refractivity contribution in [3.8, 4) is 0 Å². The topological polar surface area (TPSA) is 0 Å². The van der Waals surface area contributed by atoms with Gasteiger partial charge in [0.05, 0.1) is 0 Å². The Morgan fingerprint density at radius 2 is 1.82 bits per heavy atom. The van der Waals surface area contributed by atoms with Crippen LogP contribution in [0.1, 0.15) is 32.8 Å². The van der Waals surface area contributed by atoms with Crippen LogP contribution in [-0.4, -0.2) is 0 Å². The highest BCUT2D eigenvalue weighted by molar-refractivity contribution is 5.22. The lowest BCUT2D eigenvalue weighted by Gasteiger charge is -2.22. The molecule has 0 aromatic heterocycles. The Bertz CT molecular complexity index is 209. The molecule has 0 amide bonds. The van der Waals surface area contributed by atoms with Crippen LogP contribution in [-0.2, 0) is 5.41 Å². The summed E-state index contributed by atoms with van der Waals surface area (Å²) in [6.07, 6.45) is 1.18. The molecule has 0 heteroatoms. The van der Waals surface area contributed by atoms with Crippen molar-refractivity contribution in [2.75, 3.05) is 0 Å². The molecule has 1 radical (unpaired) electrons. The van der Waals surface area contributed by atoms with E-state index in [-0.39, 0.29) is 0 Å². The maximum absolute atomic E-state index is 3.03. The standard InChI is InChI=1S/C11H15/c1-4-11(2,3)10-8-6-5-7-9-10/h6-9H,4H2,1-3H3. The van der Waals surface area contributed by atoms with Gasteiger partial charge in [0.2, 0.25) is 0 Å². The summed E-state index contributed by atoms with van der Waals surface area (Å²) in [7, 11) is 0. The molecular weight excluding hydrogens is 132 g/mol. The van der Waals surface area contributed by atoms with E-state index >= 15 is 0 Å². The van der Waals surface area contributed by atoms with Gasteiger partial charge in [-0.1, -0.05) is 45.0 Å². The summed E-state index contributed by atoms with van der Waals surface area (Å²) in [4.78, 5) is 0. The lowest BCUT2D eigenvalue weighted by atomic mass is 9.82. The van der Waals surface area contributed by atoms with E-state index in [2.05, 4.69) is 39.0 Å². The van der Waals surface area contributed by atoms with Crippen LogP contribution in [0.4, 0.5) is 0 Å². The Morgan fingerprint density at radius 1 is 1.27 bits per heavy atom. The SMILES string of the molecule is CCC(C)(C)c1cc[c]cc1. The Labute approximate surface area is 69.3 Å². The highest BCUT2D eigenvalue weighted by Gasteiger charge is 2.16. The first-order chi connectivity index (χ1) is 5.17. The van der Waals surface area contributed by atoms with Gasteiger partial charge in [-0.3, -0.25) is 0 Å². The van der Waals surface area contributed by atoms with Crippen molar-refractivity contribution in [3.05, 3.63) is 35.9 Å². The van der Waals surface area contributed by atoms with Crippen molar-refractivity contribution in [3.63, 3.8) is 0 Å². The summed E-state index contributed by atoms with van der Waals surface area (Å²) < 4.78 is 0. The maximum Gasteiger partial charge on any atom is -0.0106 e. The quantitative estimate of drug-likeness (QED) is 0.602. The van der Waals surface area contributed by atoms with Crippen LogP contribution in [0.15, 0.2) is 24.3 Å². The minimum Gasteiger partial charge on any atom is -0.0646 e. The molecule has 0 aliphatic carbocycles. The first-order valence-corrected chi connectivity index (χ1v) is 4.13. The van der Waals surface area contributed by atoms with Crippen molar-refractivity contribution in [2.24, 2.45) is 0 Å². The molecule has 0 bridgehead atoms. The van der Waals surface area contributed by atoms with Crippen molar-refractivity contribution < 1.29 is 0 Å². The zero-order chi connectivity index (χ0) is 8.32. The van der Waals surface area contributed by atoms with Gasteiger partial charge in [0, 0.05) is 0 Å². The average Bonchev–Trinajstić information content (AvgIpc) is 2.06. The average molecular weight is 147 g/mol. The highest BCUT2D eigenvalue weighted by atomic mass is 14.2. The van der Waals surface area contributed by atoms with E-state index < -0.39 is 0 Å². The van der Waals surface area contributed by atoms with Crippen LogP contribution < -0.4 is 0 Å². The molecule has 0 N–H and O–H groups in total. The van der Waals surface area contributed by atoms with Crippen molar-refractivity contribution >= 4 is 0 Å². The molecule has 0 unspecified atom stereocenters. The zero-order valence-corrected chi connectivity index (χ0v) is 7.52. The Balaban J connectivity index is 2.93. The molecule has 0 saturated carbocycles. The fourth-order valence-corrected chi connectivity index (χ4v) is 1.04. The molecule has 0 aliphatic heterocycles. The lowest BCUT2D eigenvalue weighted by Crippen LogP contribution is -2.14. The monoisotopic (exact) mass is 147 g/mol. The fourth-order valence-electron chi connectivity index (χ4n) is 1.04. The van der Waals surface area contributed by atoms with E-state index in [1.807, 2.05) is 12.1 Å². The van der Waals surface area contributed by atoms with Crippen LogP contribution in [0.2, 0.25) is 0 Å². The van der Waals surface area contributed by atoms with Gasteiger partial charge in [-0.15, -0.1) is 0 Å². The summed E-state index contributed by atoms with van der Waals surface area (Å²) in [5.74, 6) is 0. The highest BCUT2D eigenvalue weighted by Crippen LogP contribution is 2.25. The Morgan fingerprint density at radius 3 is 2.27 bits per heavy atom. The summed E-state index contributed by atoms with van der Waals surface area (Å²) >= 11 is 0. The normalized spacial score (nSPS) is 11.5. The number of benzene rings is 1. The summed E-state index contributed by atoms with van der Waals surface area (Å²) in [6.45, 7) is 6.75.